The van der Waals surface area contributed by atoms with Crippen molar-refractivity contribution in [3.8, 4) is 0 Å². The average molecular weight is 312 g/mol. The predicted molar refractivity (Wildman–Crippen MR) is 87.5 cm³/mol. The van der Waals surface area contributed by atoms with E-state index in [1.54, 1.807) is 11.9 Å². The number of nitrogens with zero attached hydrogens (tertiary/aromatic N) is 2. The number of aromatic carboxylic acids is 1. The monoisotopic (exact) mass is 312 g/mol. The van der Waals surface area contributed by atoms with Crippen LogP contribution in [0.4, 0.5) is 0 Å². The van der Waals surface area contributed by atoms with Gasteiger partial charge >= 0.3 is 5.97 Å². The summed E-state index contributed by atoms with van der Waals surface area (Å²) in [6.45, 7) is 0.659. The van der Waals surface area contributed by atoms with Gasteiger partial charge in [-0.1, -0.05) is 30.3 Å². The van der Waals surface area contributed by atoms with Gasteiger partial charge in [0.1, 0.15) is 5.69 Å². The standard InChI is InChI=1S/C18H20N2O3/c1-20(12-6-5-9-14-7-3-2-4-8-14)17(21)15-10-11-16(18(22)23)19-13-15/h2-4,7-8,10-11,13H,5-6,9,12H2,1H3,(H,22,23). The van der Waals surface area contributed by atoms with Crippen LogP contribution in [0.3, 0.4) is 0 Å². The molecule has 1 aromatic heterocycles. The Morgan fingerprint density at radius 3 is 2.43 bits per heavy atom. The molecule has 5 nitrogen and oxygen atoms in total. The molecule has 0 spiro atoms. The van der Waals surface area contributed by atoms with Gasteiger partial charge < -0.3 is 10.0 Å². The summed E-state index contributed by atoms with van der Waals surface area (Å²) >= 11 is 0. The lowest BCUT2D eigenvalue weighted by Crippen LogP contribution is -2.28. The van der Waals surface area contributed by atoms with E-state index in [0.717, 1.165) is 19.3 Å². The van der Waals surface area contributed by atoms with Crippen LogP contribution in [0.1, 0.15) is 39.3 Å². The minimum atomic E-state index is -1.10. The topological polar surface area (TPSA) is 70.5 Å². The molecule has 0 saturated carbocycles. The number of pyridine rings is 1. The predicted octanol–water partition coefficient (Wildman–Crippen LogP) is 2.87. The number of benzene rings is 1. The molecule has 0 aliphatic carbocycles. The summed E-state index contributed by atoms with van der Waals surface area (Å²) in [4.78, 5) is 28.4. The number of amides is 1. The lowest BCUT2D eigenvalue weighted by Gasteiger charge is -2.17. The highest BCUT2D eigenvalue weighted by Crippen LogP contribution is 2.08. The van der Waals surface area contributed by atoms with Crippen molar-refractivity contribution in [2.45, 2.75) is 19.3 Å². The molecule has 1 N–H and O–H groups in total. The Kier molecular flexibility index (Phi) is 5.86. The van der Waals surface area contributed by atoms with Crippen LogP contribution >= 0.6 is 0 Å². The summed E-state index contributed by atoms with van der Waals surface area (Å²) in [5.74, 6) is -1.24. The fourth-order valence-corrected chi connectivity index (χ4v) is 2.29. The van der Waals surface area contributed by atoms with Crippen LogP contribution in [0.25, 0.3) is 0 Å². The first-order valence-electron chi connectivity index (χ1n) is 7.56. The van der Waals surface area contributed by atoms with Crippen molar-refractivity contribution in [3.63, 3.8) is 0 Å². The zero-order chi connectivity index (χ0) is 16.7. The number of hydrogen-bond donors (Lipinski definition) is 1. The molecule has 1 aromatic carbocycles. The molecular formula is C18H20N2O3. The number of carbonyl (C=O) groups excluding carboxylic acids is 1. The minimum Gasteiger partial charge on any atom is -0.477 e. The Hall–Kier alpha value is -2.69. The molecule has 0 fully saturated rings. The summed E-state index contributed by atoms with van der Waals surface area (Å²) in [7, 11) is 1.75. The van der Waals surface area contributed by atoms with Crippen molar-refractivity contribution in [2.75, 3.05) is 13.6 Å². The first-order valence-corrected chi connectivity index (χ1v) is 7.56. The van der Waals surface area contributed by atoms with E-state index in [2.05, 4.69) is 17.1 Å². The minimum absolute atomic E-state index is 0.0629. The van der Waals surface area contributed by atoms with Crippen molar-refractivity contribution in [1.82, 2.24) is 9.88 Å². The van der Waals surface area contributed by atoms with Crippen molar-refractivity contribution >= 4 is 11.9 Å². The first kappa shape index (κ1) is 16.7. The highest BCUT2D eigenvalue weighted by Gasteiger charge is 2.13. The molecule has 0 radical (unpaired) electrons. The van der Waals surface area contributed by atoms with Gasteiger partial charge in [-0.25, -0.2) is 9.78 Å². The number of hydrogen-bond acceptors (Lipinski definition) is 3. The molecule has 0 atom stereocenters. The third-order valence-electron chi connectivity index (χ3n) is 3.63. The largest absolute Gasteiger partial charge is 0.477 e. The summed E-state index contributed by atoms with van der Waals surface area (Å²) in [5.41, 5.74) is 1.64. The molecule has 2 rings (SSSR count). The summed E-state index contributed by atoms with van der Waals surface area (Å²) in [5, 5.41) is 8.80. The molecule has 1 amide bonds. The fourth-order valence-electron chi connectivity index (χ4n) is 2.29. The number of carbonyl (C=O) groups is 2. The van der Waals surface area contributed by atoms with Crippen molar-refractivity contribution in [1.29, 1.82) is 0 Å². The van der Waals surface area contributed by atoms with Gasteiger partial charge in [0.15, 0.2) is 0 Å². The normalized spacial score (nSPS) is 10.3. The second-order valence-corrected chi connectivity index (χ2v) is 5.41. The van der Waals surface area contributed by atoms with Gasteiger partial charge in [-0.15, -0.1) is 0 Å². The van der Waals surface area contributed by atoms with Crippen LogP contribution in [0.15, 0.2) is 48.7 Å². The summed E-state index contributed by atoms with van der Waals surface area (Å²) in [6, 6.07) is 13.1. The van der Waals surface area contributed by atoms with Crippen LogP contribution in [-0.2, 0) is 6.42 Å². The number of aromatic nitrogens is 1. The molecular weight excluding hydrogens is 292 g/mol. The molecule has 2 aromatic rings. The summed E-state index contributed by atoms with van der Waals surface area (Å²) in [6.07, 6.45) is 4.24. The van der Waals surface area contributed by atoms with E-state index in [4.69, 9.17) is 5.11 Å². The SMILES string of the molecule is CN(CCCCc1ccccc1)C(=O)c1ccc(C(=O)O)nc1. The van der Waals surface area contributed by atoms with Gasteiger partial charge in [-0.2, -0.15) is 0 Å². The Morgan fingerprint density at radius 1 is 1.09 bits per heavy atom. The quantitative estimate of drug-likeness (QED) is 0.798. The maximum Gasteiger partial charge on any atom is 0.354 e. The van der Waals surface area contributed by atoms with Gasteiger partial charge in [0.2, 0.25) is 0 Å². The maximum absolute atomic E-state index is 12.2. The van der Waals surface area contributed by atoms with Gasteiger partial charge in [0.25, 0.3) is 5.91 Å². The van der Waals surface area contributed by atoms with Crippen LogP contribution in [0.2, 0.25) is 0 Å². The molecule has 23 heavy (non-hydrogen) atoms. The Balaban J connectivity index is 1.79. The number of unbranched alkanes of at least 4 members (excludes halogenated alkanes) is 1. The second-order valence-electron chi connectivity index (χ2n) is 5.41. The van der Waals surface area contributed by atoms with Crippen LogP contribution in [-0.4, -0.2) is 40.5 Å². The molecule has 0 bridgehead atoms. The van der Waals surface area contributed by atoms with E-state index in [1.165, 1.54) is 23.9 Å². The number of aryl methyl sites for hydroxylation is 1. The van der Waals surface area contributed by atoms with E-state index in [-0.39, 0.29) is 11.6 Å². The molecule has 0 aliphatic rings. The molecule has 0 aliphatic heterocycles. The lowest BCUT2D eigenvalue weighted by atomic mass is 10.1. The molecule has 0 saturated heterocycles. The molecule has 0 unspecified atom stereocenters. The Bertz CT molecular complexity index is 654. The van der Waals surface area contributed by atoms with Crippen molar-refractivity contribution < 1.29 is 14.7 Å². The second kappa shape index (κ2) is 8.08. The first-order chi connectivity index (χ1) is 11.1. The van der Waals surface area contributed by atoms with Crippen molar-refractivity contribution in [2.24, 2.45) is 0 Å². The van der Waals surface area contributed by atoms with E-state index >= 15 is 0 Å². The van der Waals surface area contributed by atoms with Crippen LogP contribution < -0.4 is 0 Å². The van der Waals surface area contributed by atoms with E-state index in [1.807, 2.05) is 18.2 Å². The Morgan fingerprint density at radius 2 is 1.83 bits per heavy atom. The van der Waals surface area contributed by atoms with E-state index in [0.29, 0.717) is 12.1 Å². The smallest absolute Gasteiger partial charge is 0.354 e. The van der Waals surface area contributed by atoms with Gasteiger partial charge in [-0.3, -0.25) is 4.79 Å². The van der Waals surface area contributed by atoms with Crippen LogP contribution in [0.5, 0.6) is 0 Å². The van der Waals surface area contributed by atoms with Crippen molar-refractivity contribution in [3.05, 3.63) is 65.5 Å². The lowest BCUT2D eigenvalue weighted by molar-refractivity contribution is 0.0688. The summed E-state index contributed by atoms with van der Waals surface area (Å²) < 4.78 is 0. The third kappa shape index (κ3) is 4.92. The highest BCUT2D eigenvalue weighted by atomic mass is 16.4. The molecule has 120 valence electrons. The van der Waals surface area contributed by atoms with Gasteiger partial charge in [0.05, 0.1) is 5.56 Å². The van der Waals surface area contributed by atoms with Gasteiger partial charge in [0, 0.05) is 19.8 Å². The zero-order valence-electron chi connectivity index (χ0n) is 13.1. The number of carboxylic acids is 1. The van der Waals surface area contributed by atoms with E-state index < -0.39 is 5.97 Å². The van der Waals surface area contributed by atoms with Gasteiger partial charge in [-0.05, 0) is 37.0 Å². The highest BCUT2D eigenvalue weighted by molar-refractivity contribution is 5.94. The molecule has 1 heterocycles. The Labute approximate surface area is 135 Å². The molecule has 5 heteroatoms. The fraction of sp³-hybridized carbons (Fsp3) is 0.278. The van der Waals surface area contributed by atoms with Crippen LogP contribution in [0, 0.1) is 0 Å². The number of carboxylic acid groups (broad SMARTS) is 1. The maximum atomic E-state index is 12.2. The third-order valence-corrected chi connectivity index (χ3v) is 3.63. The number of rotatable bonds is 7. The van der Waals surface area contributed by atoms with E-state index in [9.17, 15) is 9.59 Å². The zero-order valence-corrected chi connectivity index (χ0v) is 13.1. The average Bonchev–Trinajstić information content (AvgIpc) is 2.59.